The molecule has 2 aromatic heterocycles. The number of para-hydroxylation sites is 1. The summed E-state index contributed by atoms with van der Waals surface area (Å²) in [5.74, 6) is 0. The van der Waals surface area contributed by atoms with Crippen molar-refractivity contribution in [1.82, 2.24) is 0 Å². The molecular formula is C76H59NO2. The summed E-state index contributed by atoms with van der Waals surface area (Å²) in [4.78, 5) is 2.35. The average molecular weight is 1020 g/mol. The Kier molecular flexibility index (Phi) is 14.1. The maximum atomic E-state index is 6.42. The van der Waals surface area contributed by atoms with Gasteiger partial charge in [0.15, 0.2) is 0 Å². The third kappa shape index (κ3) is 10.0. The van der Waals surface area contributed by atoms with Crippen molar-refractivity contribution in [1.29, 1.82) is 0 Å². The van der Waals surface area contributed by atoms with E-state index in [0.717, 1.165) is 88.8 Å². The Morgan fingerprint density at radius 1 is 0.190 bits per heavy atom. The van der Waals surface area contributed by atoms with Crippen LogP contribution in [0.1, 0.15) is 27.7 Å². The minimum Gasteiger partial charge on any atom is -0.456 e. The summed E-state index contributed by atoms with van der Waals surface area (Å²) in [6.45, 7) is 8.00. The lowest BCUT2D eigenvalue weighted by molar-refractivity contribution is 0.668. The molecule has 0 saturated carbocycles. The highest BCUT2D eigenvalue weighted by molar-refractivity contribution is 6.09. The lowest BCUT2D eigenvalue weighted by Crippen LogP contribution is -2.09. The first-order valence-corrected chi connectivity index (χ1v) is 27.5. The van der Waals surface area contributed by atoms with Crippen molar-refractivity contribution >= 4 is 60.9 Å². The van der Waals surface area contributed by atoms with Gasteiger partial charge in [0.1, 0.15) is 22.3 Å². The minimum absolute atomic E-state index is 0.868. The SMILES string of the molecule is CC.CC.c1ccc(-c2cccc(-c3ccc(N(c4ccc(-c5cccc(-c6cccc(-c7ccccc7)c6)c5)cc4)c4ccc(-c5ccc6oc7ccc(-c8ccc9oc%10ccccc%10c9c8)cc7c6c5)cc4)cc3)c2)cc1. The van der Waals surface area contributed by atoms with Crippen LogP contribution in [0.4, 0.5) is 17.1 Å². The highest BCUT2D eigenvalue weighted by Gasteiger charge is 2.17. The molecule has 0 bridgehead atoms. The summed E-state index contributed by atoms with van der Waals surface area (Å²) < 4.78 is 12.6. The van der Waals surface area contributed by atoms with E-state index in [0.29, 0.717) is 0 Å². The predicted molar refractivity (Wildman–Crippen MR) is 336 cm³/mol. The molecule has 79 heavy (non-hydrogen) atoms. The molecule has 14 rings (SSSR count). The summed E-state index contributed by atoms with van der Waals surface area (Å²) in [5.41, 5.74) is 23.1. The van der Waals surface area contributed by atoms with Gasteiger partial charge in [0.05, 0.1) is 0 Å². The summed E-state index contributed by atoms with van der Waals surface area (Å²) in [6, 6.07) is 102. The van der Waals surface area contributed by atoms with Crippen molar-refractivity contribution in [2.75, 3.05) is 4.90 Å². The molecule has 0 unspecified atom stereocenters. The van der Waals surface area contributed by atoms with E-state index >= 15 is 0 Å². The molecule has 0 spiro atoms. The first-order valence-electron chi connectivity index (χ1n) is 27.5. The number of benzene rings is 12. The zero-order chi connectivity index (χ0) is 53.7. The number of hydrogen-bond donors (Lipinski definition) is 0. The first-order chi connectivity index (χ1) is 39.1. The fraction of sp³-hybridized carbons (Fsp3) is 0.0526. The van der Waals surface area contributed by atoms with Crippen LogP contribution in [0.15, 0.2) is 294 Å². The van der Waals surface area contributed by atoms with Gasteiger partial charge in [-0.3, -0.25) is 0 Å². The van der Waals surface area contributed by atoms with Gasteiger partial charge in [0.2, 0.25) is 0 Å². The van der Waals surface area contributed by atoms with Crippen LogP contribution in [0.3, 0.4) is 0 Å². The van der Waals surface area contributed by atoms with Crippen molar-refractivity contribution in [3.8, 4) is 77.9 Å². The quantitative estimate of drug-likeness (QED) is 0.137. The molecule has 0 aliphatic rings. The lowest BCUT2D eigenvalue weighted by Gasteiger charge is -2.26. The maximum absolute atomic E-state index is 6.42. The topological polar surface area (TPSA) is 29.5 Å². The van der Waals surface area contributed by atoms with Crippen molar-refractivity contribution in [2.45, 2.75) is 27.7 Å². The van der Waals surface area contributed by atoms with Crippen LogP contribution >= 0.6 is 0 Å². The van der Waals surface area contributed by atoms with Crippen molar-refractivity contribution in [2.24, 2.45) is 0 Å². The second-order valence-electron chi connectivity index (χ2n) is 19.3. The van der Waals surface area contributed by atoms with Crippen molar-refractivity contribution < 1.29 is 8.83 Å². The summed E-state index contributed by atoms with van der Waals surface area (Å²) in [5, 5.41) is 4.42. The molecule has 0 N–H and O–H groups in total. The Labute approximate surface area is 462 Å². The predicted octanol–water partition coefficient (Wildman–Crippen LogP) is 22.7. The van der Waals surface area contributed by atoms with Gasteiger partial charge >= 0.3 is 0 Å². The number of rotatable bonds is 10. The molecule has 3 heteroatoms. The Morgan fingerprint density at radius 3 is 0.797 bits per heavy atom. The van der Waals surface area contributed by atoms with E-state index < -0.39 is 0 Å². The van der Waals surface area contributed by atoms with E-state index in [9.17, 15) is 0 Å². The highest BCUT2D eigenvalue weighted by atomic mass is 16.3. The van der Waals surface area contributed by atoms with Gasteiger partial charge in [-0.05, 0) is 175 Å². The van der Waals surface area contributed by atoms with Crippen LogP contribution in [-0.2, 0) is 0 Å². The normalized spacial score (nSPS) is 11.0. The van der Waals surface area contributed by atoms with Crippen LogP contribution in [-0.4, -0.2) is 0 Å². The number of anilines is 3. The van der Waals surface area contributed by atoms with Crippen molar-refractivity contribution in [3.63, 3.8) is 0 Å². The molecule has 12 aromatic carbocycles. The molecule has 0 aliphatic carbocycles. The largest absolute Gasteiger partial charge is 0.456 e. The van der Waals surface area contributed by atoms with Crippen LogP contribution in [0.2, 0.25) is 0 Å². The molecular weight excluding hydrogens is 959 g/mol. The second kappa shape index (κ2) is 22.3. The summed E-state index contributed by atoms with van der Waals surface area (Å²) >= 11 is 0. The molecule has 0 atom stereocenters. The van der Waals surface area contributed by atoms with Crippen LogP contribution in [0.5, 0.6) is 0 Å². The van der Waals surface area contributed by atoms with Gasteiger partial charge in [0.25, 0.3) is 0 Å². The monoisotopic (exact) mass is 1020 g/mol. The van der Waals surface area contributed by atoms with Crippen LogP contribution < -0.4 is 4.90 Å². The Hall–Kier alpha value is -9.96. The van der Waals surface area contributed by atoms with Gasteiger partial charge in [0, 0.05) is 38.6 Å². The summed E-state index contributed by atoms with van der Waals surface area (Å²) in [7, 11) is 0. The highest BCUT2D eigenvalue weighted by Crippen LogP contribution is 2.41. The van der Waals surface area contributed by atoms with Gasteiger partial charge in [-0.15, -0.1) is 0 Å². The lowest BCUT2D eigenvalue weighted by atomic mass is 9.96. The van der Waals surface area contributed by atoms with E-state index in [2.05, 4.69) is 278 Å². The van der Waals surface area contributed by atoms with E-state index in [4.69, 9.17) is 8.83 Å². The molecule has 0 radical (unpaired) electrons. The molecule has 0 aliphatic heterocycles. The molecule has 0 saturated heterocycles. The Morgan fingerprint density at radius 2 is 0.430 bits per heavy atom. The standard InChI is InChI=1S/C72H47NO2.2C2H6/c1-3-12-48(13-4-1)53-16-9-18-55(42-53)50-24-33-62(34-25-50)73(63-35-26-51(27-36-63)56-19-11-21-58(44-56)57-20-10-17-54(43-57)49-14-5-2-6-15-49)64-37-28-52(29-38-64)59-30-39-71-67(45-59)68-47-61(32-41-72(68)75-71)60-31-40-70-66(46-60)65-22-7-8-23-69(65)74-70;2*1-2/h1-47H;2*1-2H3. The number of nitrogens with zero attached hydrogens (tertiary/aromatic N) is 1. The molecule has 3 nitrogen and oxygen atoms in total. The second-order valence-corrected chi connectivity index (χ2v) is 19.3. The van der Waals surface area contributed by atoms with Gasteiger partial charge in [-0.1, -0.05) is 216 Å². The van der Waals surface area contributed by atoms with Gasteiger partial charge < -0.3 is 13.7 Å². The molecule has 0 fully saturated rings. The molecule has 380 valence electrons. The third-order valence-electron chi connectivity index (χ3n) is 14.7. The summed E-state index contributed by atoms with van der Waals surface area (Å²) in [6.07, 6.45) is 0. The number of hydrogen-bond acceptors (Lipinski definition) is 3. The zero-order valence-corrected chi connectivity index (χ0v) is 44.9. The van der Waals surface area contributed by atoms with E-state index in [1.807, 2.05) is 39.8 Å². The smallest absolute Gasteiger partial charge is 0.135 e. The van der Waals surface area contributed by atoms with E-state index in [-0.39, 0.29) is 0 Å². The fourth-order valence-corrected chi connectivity index (χ4v) is 10.8. The van der Waals surface area contributed by atoms with E-state index in [1.165, 1.54) is 50.1 Å². The van der Waals surface area contributed by atoms with Crippen LogP contribution in [0, 0.1) is 0 Å². The van der Waals surface area contributed by atoms with Gasteiger partial charge in [-0.2, -0.15) is 0 Å². The molecule has 0 amide bonds. The maximum Gasteiger partial charge on any atom is 0.135 e. The Bertz CT molecular complexity index is 4380. The first kappa shape index (κ1) is 49.9. The van der Waals surface area contributed by atoms with Crippen LogP contribution in [0.25, 0.3) is 122 Å². The minimum atomic E-state index is 0.868. The third-order valence-corrected chi connectivity index (χ3v) is 14.7. The van der Waals surface area contributed by atoms with Gasteiger partial charge in [-0.25, -0.2) is 0 Å². The number of furan rings is 2. The number of fused-ring (bicyclic) bond motifs is 6. The zero-order valence-electron chi connectivity index (χ0n) is 44.9. The Balaban J connectivity index is 0.00000152. The molecule has 2 heterocycles. The van der Waals surface area contributed by atoms with E-state index in [1.54, 1.807) is 0 Å². The fourth-order valence-electron chi connectivity index (χ4n) is 10.8. The average Bonchev–Trinajstić information content (AvgIpc) is 4.27. The van der Waals surface area contributed by atoms with Crippen molar-refractivity contribution in [3.05, 3.63) is 285 Å². The molecule has 14 aromatic rings.